The van der Waals surface area contributed by atoms with E-state index in [-0.39, 0.29) is 0 Å². The van der Waals surface area contributed by atoms with E-state index in [4.69, 9.17) is 4.74 Å². The van der Waals surface area contributed by atoms with Gasteiger partial charge in [0.1, 0.15) is 0 Å². The third kappa shape index (κ3) is 2.48. The molecule has 2 aliphatic rings. The molecule has 1 saturated heterocycles. The average molecular weight is 196 g/mol. The van der Waals surface area contributed by atoms with Gasteiger partial charge in [-0.3, -0.25) is 4.90 Å². The lowest BCUT2D eigenvalue weighted by atomic mass is 9.84. The van der Waals surface area contributed by atoms with Crippen LogP contribution in [0.4, 0.5) is 0 Å². The van der Waals surface area contributed by atoms with E-state index in [2.05, 4.69) is 11.8 Å². The van der Waals surface area contributed by atoms with Crippen molar-refractivity contribution < 1.29 is 4.74 Å². The van der Waals surface area contributed by atoms with Gasteiger partial charge in [-0.05, 0) is 25.7 Å². The van der Waals surface area contributed by atoms with Crippen LogP contribution in [0.15, 0.2) is 0 Å². The van der Waals surface area contributed by atoms with Crippen molar-refractivity contribution in [2.45, 2.75) is 38.1 Å². The number of rotatable bonds is 2. The zero-order chi connectivity index (χ0) is 9.80. The van der Waals surface area contributed by atoms with E-state index in [0.717, 1.165) is 32.2 Å². The maximum absolute atomic E-state index is 5.37. The predicted octanol–water partition coefficient (Wildman–Crippen LogP) is 2.10. The monoisotopic (exact) mass is 196 g/mol. The molecule has 0 bridgehead atoms. The molecule has 2 rings (SSSR count). The van der Waals surface area contributed by atoms with E-state index in [1.54, 1.807) is 0 Å². The van der Waals surface area contributed by atoms with Gasteiger partial charge in [-0.25, -0.2) is 0 Å². The van der Waals surface area contributed by atoms with E-state index >= 15 is 0 Å². The minimum absolute atomic E-state index is 0.541. The highest BCUT2D eigenvalue weighted by Crippen LogP contribution is 2.28. The van der Waals surface area contributed by atoms with Crippen molar-refractivity contribution in [3.63, 3.8) is 0 Å². The van der Waals surface area contributed by atoms with Gasteiger partial charge in [-0.15, -0.1) is 0 Å². The molecule has 1 atom stereocenters. The molecule has 2 nitrogen and oxygen atoms in total. The molecular weight excluding hydrogens is 174 g/mol. The van der Waals surface area contributed by atoms with Gasteiger partial charge < -0.3 is 4.74 Å². The van der Waals surface area contributed by atoms with Crippen LogP contribution in [-0.4, -0.2) is 37.2 Å². The van der Waals surface area contributed by atoms with Crippen LogP contribution < -0.4 is 0 Å². The van der Waals surface area contributed by atoms with Crippen LogP contribution in [-0.2, 0) is 4.74 Å². The van der Waals surface area contributed by atoms with Gasteiger partial charge in [-0.1, -0.05) is 19.3 Å². The Kier molecular flexibility index (Phi) is 3.82. The predicted molar refractivity (Wildman–Crippen MR) is 58.1 cm³/mol. The van der Waals surface area contributed by atoms with Gasteiger partial charge in [0.15, 0.2) is 0 Å². The lowest BCUT2D eigenvalue weighted by Crippen LogP contribution is -2.46. The van der Waals surface area contributed by atoms with Crippen LogP contribution in [0.2, 0.25) is 0 Å². The van der Waals surface area contributed by atoms with Crippen molar-refractivity contribution in [2.75, 3.05) is 26.3 Å². The molecule has 2 heteroatoms. The molecule has 0 aromatic heterocycles. The highest BCUT2D eigenvalue weighted by Gasteiger charge is 2.26. The number of morpholine rings is 1. The lowest BCUT2D eigenvalue weighted by Gasteiger charge is -2.38. The summed E-state index contributed by atoms with van der Waals surface area (Å²) >= 11 is 0. The standard InChI is InChI=1S/C12H22NO/c1-11(12-5-3-2-4-6-12)13-7-9-14-10-8-13/h11-12H,1-10H2. The van der Waals surface area contributed by atoms with E-state index < -0.39 is 0 Å². The fourth-order valence-electron chi connectivity index (χ4n) is 2.73. The van der Waals surface area contributed by atoms with E-state index in [1.807, 2.05) is 0 Å². The second kappa shape index (κ2) is 5.13. The maximum Gasteiger partial charge on any atom is 0.0594 e. The normalized spacial score (nSPS) is 28.9. The van der Waals surface area contributed by atoms with Gasteiger partial charge in [0.25, 0.3) is 0 Å². The summed E-state index contributed by atoms with van der Waals surface area (Å²) in [5.41, 5.74) is 0. The molecule has 1 aliphatic heterocycles. The fourth-order valence-corrected chi connectivity index (χ4v) is 2.73. The average Bonchev–Trinajstić information content (AvgIpc) is 2.30. The minimum Gasteiger partial charge on any atom is -0.379 e. The van der Waals surface area contributed by atoms with Gasteiger partial charge in [-0.2, -0.15) is 0 Å². The minimum atomic E-state index is 0.541. The number of hydrogen-bond acceptors (Lipinski definition) is 2. The summed E-state index contributed by atoms with van der Waals surface area (Å²) in [6.07, 6.45) is 7.06. The highest BCUT2D eigenvalue weighted by atomic mass is 16.5. The van der Waals surface area contributed by atoms with Crippen LogP contribution in [0, 0.1) is 12.8 Å². The summed E-state index contributed by atoms with van der Waals surface area (Å²) < 4.78 is 5.37. The van der Waals surface area contributed by atoms with Crippen LogP contribution in [0.1, 0.15) is 32.1 Å². The fraction of sp³-hybridized carbons (Fsp3) is 0.917. The quantitative estimate of drug-likeness (QED) is 0.670. The van der Waals surface area contributed by atoms with Crippen molar-refractivity contribution in [3.8, 4) is 0 Å². The third-order valence-electron chi connectivity index (χ3n) is 3.71. The molecular formula is C12H22NO. The summed E-state index contributed by atoms with van der Waals surface area (Å²) in [6, 6.07) is 0.541. The zero-order valence-corrected chi connectivity index (χ0v) is 9.08. The third-order valence-corrected chi connectivity index (χ3v) is 3.71. The molecule has 0 aromatic rings. The Morgan fingerprint density at radius 3 is 2.36 bits per heavy atom. The van der Waals surface area contributed by atoms with E-state index in [1.165, 1.54) is 32.1 Å². The first-order chi connectivity index (χ1) is 6.88. The second-order valence-corrected chi connectivity index (χ2v) is 4.61. The molecule has 14 heavy (non-hydrogen) atoms. The lowest BCUT2D eigenvalue weighted by molar-refractivity contribution is 0.00955. The molecule has 0 amide bonds. The molecule has 0 aromatic carbocycles. The van der Waals surface area contributed by atoms with Crippen molar-refractivity contribution in [3.05, 3.63) is 6.92 Å². The summed E-state index contributed by atoms with van der Waals surface area (Å²) in [4.78, 5) is 2.51. The van der Waals surface area contributed by atoms with Crippen molar-refractivity contribution in [2.24, 2.45) is 5.92 Å². The number of ether oxygens (including phenoxy) is 1. The summed E-state index contributed by atoms with van der Waals surface area (Å²) in [5, 5.41) is 0. The first-order valence-corrected chi connectivity index (χ1v) is 6.03. The van der Waals surface area contributed by atoms with Gasteiger partial charge in [0.05, 0.1) is 13.2 Å². The SMILES string of the molecule is [CH2]C(C1CCCCC1)N1CCOCC1. The second-order valence-electron chi connectivity index (χ2n) is 4.61. The van der Waals surface area contributed by atoms with Crippen LogP contribution in [0.5, 0.6) is 0 Å². The van der Waals surface area contributed by atoms with E-state index in [9.17, 15) is 0 Å². The Balaban J connectivity index is 1.82. The molecule has 0 spiro atoms. The molecule has 1 saturated carbocycles. The Hall–Kier alpha value is -0.0800. The Labute approximate surface area is 87.6 Å². The molecule has 81 valence electrons. The summed E-state index contributed by atoms with van der Waals surface area (Å²) in [5.74, 6) is 0.849. The summed E-state index contributed by atoms with van der Waals surface area (Å²) in [7, 11) is 0. The first-order valence-electron chi connectivity index (χ1n) is 6.03. The summed E-state index contributed by atoms with van der Waals surface area (Å²) in [6.45, 7) is 8.33. The Bertz CT molecular complexity index is 142. The molecule has 0 N–H and O–H groups in total. The van der Waals surface area contributed by atoms with Crippen LogP contribution >= 0.6 is 0 Å². The maximum atomic E-state index is 5.37. The van der Waals surface area contributed by atoms with Gasteiger partial charge >= 0.3 is 0 Å². The smallest absolute Gasteiger partial charge is 0.0594 e. The first kappa shape index (κ1) is 10.4. The number of nitrogens with zero attached hydrogens (tertiary/aromatic N) is 1. The zero-order valence-electron chi connectivity index (χ0n) is 9.08. The molecule has 1 unspecified atom stereocenters. The number of hydrogen-bond donors (Lipinski definition) is 0. The highest BCUT2D eigenvalue weighted by molar-refractivity contribution is 4.84. The van der Waals surface area contributed by atoms with Crippen molar-refractivity contribution in [1.82, 2.24) is 4.90 Å². The Morgan fingerprint density at radius 1 is 1.07 bits per heavy atom. The topological polar surface area (TPSA) is 12.5 Å². The van der Waals surface area contributed by atoms with Crippen LogP contribution in [0.3, 0.4) is 0 Å². The molecule has 1 heterocycles. The van der Waals surface area contributed by atoms with E-state index in [0.29, 0.717) is 6.04 Å². The van der Waals surface area contributed by atoms with Gasteiger partial charge in [0.2, 0.25) is 0 Å². The van der Waals surface area contributed by atoms with Crippen molar-refractivity contribution in [1.29, 1.82) is 0 Å². The van der Waals surface area contributed by atoms with Gasteiger partial charge in [0, 0.05) is 19.1 Å². The van der Waals surface area contributed by atoms with Crippen molar-refractivity contribution >= 4 is 0 Å². The molecule has 1 radical (unpaired) electrons. The van der Waals surface area contributed by atoms with Crippen LogP contribution in [0.25, 0.3) is 0 Å². The largest absolute Gasteiger partial charge is 0.379 e. The molecule has 2 fully saturated rings. The molecule has 1 aliphatic carbocycles. The Morgan fingerprint density at radius 2 is 1.71 bits per heavy atom.